The minimum absolute atomic E-state index is 0.0401. The molecular weight excluding hydrogens is 1040 g/mol. The molecule has 0 saturated heterocycles. The van der Waals surface area contributed by atoms with Gasteiger partial charge in [0.25, 0.3) is 7.82 Å². The summed E-state index contributed by atoms with van der Waals surface area (Å²) in [5.41, 5.74) is 0. The van der Waals surface area contributed by atoms with Crippen LogP contribution in [0, 0.1) is 0 Å². The van der Waals surface area contributed by atoms with Crippen molar-refractivity contribution >= 4 is 19.8 Å². The Hall–Kier alpha value is -4.11. The van der Waals surface area contributed by atoms with Gasteiger partial charge in [0, 0.05) is 12.8 Å². The Morgan fingerprint density at radius 3 is 0.976 bits per heavy atom. The molecule has 82 heavy (non-hydrogen) atoms. The van der Waals surface area contributed by atoms with Crippen molar-refractivity contribution in [3.05, 3.63) is 146 Å². The summed E-state index contributed by atoms with van der Waals surface area (Å²) in [5, 5.41) is 0. The first kappa shape index (κ1) is 77.9. The van der Waals surface area contributed by atoms with Gasteiger partial charge in [-0.15, -0.1) is 0 Å². The van der Waals surface area contributed by atoms with Crippen molar-refractivity contribution in [3.8, 4) is 0 Å². The minimum Gasteiger partial charge on any atom is -0.756 e. The third-order valence-corrected chi connectivity index (χ3v) is 14.3. The van der Waals surface area contributed by atoms with Crippen molar-refractivity contribution < 1.29 is 42.1 Å². The molecule has 0 aromatic carbocycles. The minimum atomic E-state index is -4.65. The van der Waals surface area contributed by atoms with E-state index in [1.165, 1.54) is 77.0 Å². The van der Waals surface area contributed by atoms with E-state index in [9.17, 15) is 19.0 Å². The quantitative estimate of drug-likeness (QED) is 0.0195. The summed E-state index contributed by atoms with van der Waals surface area (Å²) in [7, 11) is 1.14. The van der Waals surface area contributed by atoms with Gasteiger partial charge in [0.2, 0.25) is 0 Å². The highest BCUT2D eigenvalue weighted by Gasteiger charge is 2.22. The molecule has 0 spiro atoms. The predicted octanol–water partition coefficient (Wildman–Crippen LogP) is 20.4. The monoisotopic (exact) mass is 1160 g/mol. The van der Waals surface area contributed by atoms with Crippen LogP contribution in [0.3, 0.4) is 0 Å². The normalized spacial score (nSPS) is 14.2. The number of quaternary nitrogens is 1. The maximum atomic E-state index is 12.8. The Morgan fingerprint density at radius 1 is 0.378 bits per heavy atom. The molecule has 0 amide bonds. The zero-order chi connectivity index (χ0) is 59.8. The average molecular weight is 1160 g/mol. The van der Waals surface area contributed by atoms with Gasteiger partial charge in [-0.2, -0.15) is 0 Å². The molecule has 0 rings (SSSR count). The van der Waals surface area contributed by atoms with Crippen molar-refractivity contribution in [2.24, 2.45) is 0 Å². The number of likely N-dealkylation sites (N-methyl/N-ethyl adjacent to an activating group) is 1. The Labute approximate surface area is 503 Å². The Morgan fingerprint density at radius 2 is 0.659 bits per heavy atom. The number of hydrogen-bond acceptors (Lipinski definition) is 8. The smallest absolute Gasteiger partial charge is 0.306 e. The van der Waals surface area contributed by atoms with Crippen LogP contribution in [0.5, 0.6) is 0 Å². The average Bonchev–Trinajstić information content (AvgIpc) is 3.46. The third kappa shape index (κ3) is 65.0. The lowest BCUT2D eigenvalue weighted by Crippen LogP contribution is -2.37. The number of rotatable bonds is 58. The zero-order valence-corrected chi connectivity index (χ0v) is 53.8. The summed E-state index contributed by atoms with van der Waals surface area (Å²) >= 11 is 0. The Balaban J connectivity index is 4.17. The molecule has 0 aliphatic carbocycles. The number of allylic oxidation sites excluding steroid dienone is 24. The number of carbonyl (C=O) groups excluding carboxylic acids is 2. The summed E-state index contributed by atoms with van der Waals surface area (Å²) < 4.78 is 34.3. The highest BCUT2D eigenvalue weighted by molar-refractivity contribution is 7.45. The van der Waals surface area contributed by atoms with Gasteiger partial charge in [0.1, 0.15) is 19.8 Å². The Bertz CT molecular complexity index is 1890. The third-order valence-electron chi connectivity index (χ3n) is 13.4. The second-order valence-electron chi connectivity index (χ2n) is 22.4. The number of hydrogen-bond donors (Lipinski definition) is 0. The number of esters is 2. The van der Waals surface area contributed by atoms with E-state index in [2.05, 4.69) is 160 Å². The molecule has 0 aromatic rings. The van der Waals surface area contributed by atoms with Crippen LogP contribution >= 0.6 is 7.82 Å². The van der Waals surface area contributed by atoms with E-state index in [1.54, 1.807) is 0 Å². The van der Waals surface area contributed by atoms with Crippen molar-refractivity contribution in [3.63, 3.8) is 0 Å². The van der Waals surface area contributed by atoms with Crippen LogP contribution in [0.25, 0.3) is 0 Å². The molecule has 9 nitrogen and oxygen atoms in total. The van der Waals surface area contributed by atoms with E-state index in [0.29, 0.717) is 17.4 Å². The van der Waals surface area contributed by atoms with Gasteiger partial charge >= 0.3 is 11.9 Å². The van der Waals surface area contributed by atoms with Gasteiger partial charge < -0.3 is 27.9 Å². The van der Waals surface area contributed by atoms with E-state index < -0.39 is 32.5 Å². The number of ether oxygens (including phenoxy) is 2. The molecule has 0 radical (unpaired) electrons. The molecule has 0 heterocycles. The highest BCUT2D eigenvalue weighted by atomic mass is 31.2. The summed E-state index contributed by atoms with van der Waals surface area (Å²) in [5.74, 6) is -0.851. The van der Waals surface area contributed by atoms with Gasteiger partial charge in [0.15, 0.2) is 6.10 Å². The largest absolute Gasteiger partial charge is 0.756 e. The number of phosphoric acid groups is 1. The van der Waals surface area contributed by atoms with Crippen LogP contribution in [-0.2, 0) is 32.7 Å². The van der Waals surface area contributed by atoms with Crippen LogP contribution in [0.2, 0.25) is 0 Å². The lowest BCUT2D eigenvalue weighted by Gasteiger charge is -2.28. The molecule has 0 aliphatic rings. The lowest BCUT2D eigenvalue weighted by atomic mass is 10.0. The molecule has 0 fully saturated rings. The van der Waals surface area contributed by atoms with Crippen molar-refractivity contribution in [1.82, 2.24) is 0 Å². The molecule has 0 bridgehead atoms. The van der Waals surface area contributed by atoms with Gasteiger partial charge in [0.05, 0.1) is 27.7 Å². The molecule has 0 saturated carbocycles. The lowest BCUT2D eigenvalue weighted by molar-refractivity contribution is -0.870. The van der Waals surface area contributed by atoms with E-state index in [4.69, 9.17) is 18.5 Å². The maximum Gasteiger partial charge on any atom is 0.306 e. The molecular formula is C72H120NO8P. The molecule has 466 valence electrons. The van der Waals surface area contributed by atoms with Gasteiger partial charge in [-0.1, -0.05) is 262 Å². The molecule has 0 aliphatic heterocycles. The van der Waals surface area contributed by atoms with Gasteiger partial charge in [-0.25, -0.2) is 0 Å². The second kappa shape index (κ2) is 61.5. The standard InChI is InChI=1S/C72H120NO8P/c1-6-8-10-12-14-16-18-20-22-24-26-28-30-32-34-35-36-37-39-41-43-45-47-49-51-53-55-57-59-61-63-65-72(75)81-70(69-80-82(76,77)79-67-66-73(3,4)5)68-78-71(74)64-62-60-58-56-54-52-50-48-46-44-42-40-38-33-31-29-27-25-23-21-19-17-15-13-11-9-7-2/h8-11,14-17,20-23,26-29,32-34,36-38,41,43,70H,6-7,12-13,18-19,24-25,30-31,35,39-40,42,44-69H2,1-5H3/b10-8-,11-9-,16-14-,17-15-,22-20-,23-21-,28-26-,29-27-,34-32-,37-36-,38-33-,43-41-. The molecule has 10 heteroatoms. The van der Waals surface area contributed by atoms with Crippen LogP contribution in [0.15, 0.2) is 146 Å². The van der Waals surface area contributed by atoms with Crippen LogP contribution < -0.4 is 4.89 Å². The van der Waals surface area contributed by atoms with Crippen LogP contribution in [0.4, 0.5) is 0 Å². The predicted molar refractivity (Wildman–Crippen MR) is 350 cm³/mol. The summed E-state index contributed by atoms with van der Waals surface area (Å²) in [6.45, 7) is 4.00. The number of carbonyl (C=O) groups is 2. The van der Waals surface area contributed by atoms with Crippen LogP contribution in [0.1, 0.15) is 245 Å². The van der Waals surface area contributed by atoms with Gasteiger partial charge in [-0.05, 0) is 116 Å². The van der Waals surface area contributed by atoms with Gasteiger partial charge in [-0.3, -0.25) is 14.2 Å². The fraction of sp³-hybridized carbons (Fsp3) is 0.639. The molecule has 2 unspecified atom stereocenters. The molecule has 0 aromatic heterocycles. The zero-order valence-electron chi connectivity index (χ0n) is 52.9. The topological polar surface area (TPSA) is 111 Å². The summed E-state index contributed by atoms with van der Waals surface area (Å²) in [6.07, 6.45) is 90.4. The van der Waals surface area contributed by atoms with Crippen molar-refractivity contribution in [1.29, 1.82) is 0 Å². The maximum absolute atomic E-state index is 12.8. The molecule has 0 N–H and O–H groups in total. The van der Waals surface area contributed by atoms with Crippen molar-refractivity contribution in [2.75, 3.05) is 47.5 Å². The first-order valence-corrected chi connectivity index (χ1v) is 34.0. The number of nitrogens with zero attached hydrogens (tertiary/aromatic N) is 1. The Kier molecular flexibility index (Phi) is 58.4. The van der Waals surface area contributed by atoms with Crippen molar-refractivity contribution in [2.45, 2.75) is 251 Å². The first-order chi connectivity index (χ1) is 40.0. The van der Waals surface area contributed by atoms with E-state index in [0.717, 1.165) is 135 Å². The highest BCUT2D eigenvalue weighted by Crippen LogP contribution is 2.38. The van der Waals surface area contributed by atoms with E-state index in [1.807, 2.05) is 21.1 Å². The van der Waals surface area contributed by atoms with E-state index >= 15 is 0 Å². The fourth-order valence-corrected chi connectivity index (χ4v) is 9.16. The van der Waals surface area contributed by atoms with Crippen LogP contribution in [-0.4, -0.2) is 70.0 Å². The number of phosphoric ester groups is 1. The first-order valence-electron chi connectivity index (χ1n) is 32.5. The molecule has 2 atom stereocenters. The fourth-order valence-electron chi connectivity index (χ4n) is 8.43. The SMILES string of the molecule is CC/C=C\C/C=C\C/C=C\C/C=C\C/C=C\C/C=C\C/C=C\CCCCCCCCCCCC(=O)OC(COC(=O)CCCCCCCCCCCCC/C=C\C/C=C\C/C=C\C/C=C\C/C=C\CC)COP(=O)([O-])OCC[N+](C)(C)C. The van der Waals surface area contributed by atoms with E-state index in [-0.39, 0.29) is 26.1 Å². The second-order valence-corrected chi connectivity index (χ2v) is 23.8. The summed E-state index contributed by atoms with van der Waals surface area (Å²) in [6, 6.07) is 0. The summed E-state index contributed by atoms with van der Waals surface area (Å²) in [4.78, 5) is 38.0. The number of unbranched alkanes of at least 4 members (excludes halogenated alkanes) is 20.